The summed E-state index contributed by atoms with van der Waals surface area (Å²) in [6, 6.07) is 5.93. The minimum atomic E-state index is 0.709. The molecular weight excluding hydrogens is 210 g/mol. The maximum Gasteiger partial charge on any atom is 0.0437 e. The highest BCUT2D eigenvalue weighted by Crippen LogP contribution is 2.27. The highest BCUT2D eigenvalue weighted by atomic mass is 14.9. The Morgan fingerprint density at radius 1 is 1.24 bits per heavy atom. The Labute approximate surface area is 102 Å². The molecule has 3 N–H and O–H groups in total. The number of rotatable bonds is 4. The molecular formula is C14H19N3. The van der Waals surface area contributed by atoms with Crippen LogP contribution in [-0.2, 0) is 0 Å². The van der Waals surface area contributed by atoms with Crippen LogP contribution in [0.15, 0.2) is 30.6 Å². The van der Waals surface area contributed by atoms with Gasteiger partial charge in [0.25, 0.3) is 0 Å². The van der Waals surface area contributed by atoms with Crippen LogP contribution in [0.25, 0.3) is 10.8 Å². The van der Waals surface area contributed by atoms with Crippen molar-refractivity contribution in [1.82, 2.24) is 4.98 Å². The van der Waals surface area contributed by atoms with Crippen molar-refractivity contribution < 1.29 is 0 Å². The van der Waals surface area contributed by atoms with E-state index in [1.54, 1.807) is 6.20 Å². The Morgan fingerprint density at radius 2 is 2.06 bits per heavy atom. The summed E-state index contributed by atoms with van der Waals surface area (Å²) in [5, 5.41) is 5.61. The quantitative estimate of drug-likeness (QED) is 0.791. The average molecular weight is 229 g/mol. The number of aromatic nitrogens is 1. The fourth-order valence-corrected chi connectivity index (χ4v) is 1.86. The molecule has 0 aliphatic heterocycles. The number of fused-ring (bicyclic) bond motifs is 1. The summed E-state index contributed by atoms with van der Waals surface area (Å²) in [5.74, 6) is 0.709. The van der Waals surface area contributed by atoms with Gasteiger partial charge in [0.1, 0.15) is 0 Å². The summed E-state index contributed by atoms with van der Waals surface area (Å²) in [6.45, 7) is 5.43. The Kier molecular flexibility index (Phi) is 3.47. The number of pyridine rings is 1. The van der Waals surface area contributed by atoms with Gasteiger partial charge < -0.3 is 11.1 Å². The monoisotopic (exact) mass is 229 g/mol. The Hall–Kier alpha value is -1.77. The maximum atomic E-state index is 5.95. The van der Waals surface area contributed by atoms with Crippen LogP contribution in [0.3, 0.4) is 0 Å². The molecule has 2 aromatic rings. The topological polar surface area (TPSA) is 50.9 Å². The first kappa shape index (κ1) is 11.7. The standard InChI is InChI=1S/C14H19N3/c1-10(2)5-8-17-14-4-3-13(15)11-6-7-16-9-12(11)14/h3-4,6-7,9-10,17H,5,8,15H2,1-2H3. The summed E-state index contributed by atoms with van der Waals surface area (Å²) in [4.78, 5) is 4.16. The van der Waals surface area contributed by atoms with Crippen LogP contribution in [0.4, 0.5) is 11.4 Å². The third-order valence-corrected chi connectivity index (χ3v) is 2.89. The normalized spacial score (nSPS) is 11.0. The van der Waals surface area contributed by atoms with Crippen molar-refractivity contribution in [2.24, 2.45) is 5.92 Å². The van der Waals surface area contributed by atoms with Crippen molar-refractivity contribution in [2.75, 3.05) is 17.6 Å². The Balaban J connectivity index is 2.26. The van der Waals surface area contributed by atoms with E-state index in [1.165, 1.54) is 0 Å². The van der Waals surface area contributed by atoms with Gasteiger partial charge in [0.15, 0.2) is 0 Å². The van der Waals surface area contributed by atoms with E-state index in [1.807, 2.05) is 24.4 Å². The molecule has 0 spiro atoms. The average Bonchev–Trinajstić information content (AvgIpc) is 2.32. The SMILES string of the molecule is CC(C)CCNc1ccc(N)c2ccncc12. The number of benzene rings is 1. The zero-order chi connectivity index (χ0) is 12.3. The predicted molar refractivity (Wildman–Crippen MR) is 74.1 cm³/mol. The number of nitrogens with zero attached hydrogens (tertiary/aromatic N) is 1. The van der Waals surface area contributed by atoms with E-state index < -0.39 is 0 Å². The van der Waals surface area contributed by atoms with E-state index in [2.05, 4.69) is 24.1 Å². The highest BCUT2D eigenvalue weighted by molar-refractivity contribution is 6.00. The lowest BCUT2D eigenvalue weighted by Crippen LogP contribution is -2.05. The number of nitrogens with two attached hydrogens (primary N) is 1. The minimum Gasteiger partial charge on any atom is -0.398 e. The molecule has 1 aromatic heterocycles. The zero-order valence-corrected chi connectivity index (χ0v) is 10.4. The smallest absolute Gasteiger partial charge is 0.0437 e. The van der Waals surface area contributed by atoms with Crippen molar-refractivity contribution in [1.29, 1.82) is 0 Å². The van der Waals surface area contributed by atoms with Crippen molar-refractivity contribution in [2.45, 2.75) is 20.3 Å². The summed E-state index contributed by atoms with van der Waals surface area (Å²) in [7, 11) is 0. The van der Waals surface area contributed by atoms with Gasteiger partial charge >= 0.3 is 0 Å². The third-order valence-electron chi connectivity index (χ3n) is 2.89. The first-order valence-corrected chi connectivity index (χ1v) is 6.04. The molecule has 0 saturated heterocycles. The molecule has 0 radical (unpaired) electrons. The molecule has 2 rings (SSSR count). The molecule has 90 valence electrons. The van der Waals surface area contributed by atoms with E-state index in [0.717, 1.165) is 35.1 Å². The molecule has 1 aromatic carbocycles. The number of nitrogens with one attached hydrogen (secondary N) is 1. The van der Waals surface area contributed by atoms with Crippen molar-refractivity contribution in [3.05, 3.63) is 30.6 Å². The molecule has 0 aliphatic carbocycles. The Bertz CT molecular complexity index is 506. The Morgan fingerprint density at radius 3 is 2.82 bits per heavy atom. The molecule has 3 heteroatoms. The van der Waals surface area contributed by atoms with Gasteiger partial charge in [-0.05, 0) is 30.5 Å². The van der Waals surface area contributed by atoms with Gasteiger partial charge in [0.2, 0.25) is 0 Å². The van der Waals surface area contributed by atoms with Gasteiger partial charge in [0, 0.05) is 41.1 Å². The molecule has 17 heavy (non-hydrogen) atoms. The lowest BCUT2D eigenvalue weighted by atomic mass is 10.1. The lowest BCUT2D eigenvalue weighted by molar-refractivity contribution is 0.607. The highest BCUT2D eigenvalue weighted by Gasteiger charge is 2.03. The van der Waals surface area contributed by atoms with E-state index in [-0.39, 0.29) is 0 Å². The van der Waals surface area contributed by atoms with Crippen molar-refractivity contribution >= 4 is 22.1 Å². The molecule has 1 heterocycles. The summed E-state index contributed by atoms with van der Waals surface area (Å²) in [5.41, 5.74) is 7.86. The number of nitrogen functional groups attached to an aromatic ring is 1. The number of hydrogen-bond donors (Lipinski definition) is 2. The van der Waals surface area contributed by atoms with Gasteiger partial charge in [-0.2, -0.15) is 0 Å². The van der Waals surface area contributed by atoms with Gasteiger partial charge in [-0.15, -0.1) is 0 Å². The molecule has 0 bridgehead atoms. The summed E-state index contributed by atoms with van der Waals surface area (Å²) in [6.07, 6.45) is 4.80. The first-order valence-electron chi connectivity index (χ1n) is 6.04. The molecule has 0 amide bonds. The second kappa shape index (κ2) is 5.04. The van der Waals surface area contributed by atoms with Crippen LogP contribution in [0.1, 0.15) is 20.3 Å². The van der Waals surface area contributed by atoms with Gasteiger partial charge in [-0.3, -0.25) is 4.98 Å². The molecule has 0 unspecified atom stereocenters. The van der Waals surface area contributed by atoms with Crippen molar-refractivity contribution in [3.63, 3.8) is 0 Å². The van der Waals surface area contributed by atoms with E-state index >= 15 is 0 Å². The molecule has 3 nitrogen and oxygen atoms in total. The van der Waals surface area contributed by atoms with Gasteiger partial charge in [0.05, 0.1) is 0 Å². The molecule has 0 atom stereocenters. The van der Waals surface area contributed by atoms with Gasteiger partial charge in [-0.1, -0.05) is 13.8 Å². The van der Waals surface area contributed by atoms with E-state index in [4.69, 9.17) is 5.73 Å². The van der Waals surface area contributed by atoms with E-state index in [9.17, 15) is 0 Å². The summed E-state index contributed by atoms with van der Waals surface area (Å²) >= 11 is 0. The predicted octanol–water partition coefficient (Wildman–Crippen LogP) is 3.28. The zero-order valence-electron chi connectivity index (χ0n) is 10.4. The van der Waals surface area contributed by atoms with Crippen LogP contribution in [0.2, 0.25) is 0 Å². The third kappa shape index (κ3) is 2.67. The molecule has 0 fully saturated rings. The fraction of sp³-hybridized carbons (Fsp3) is 0.357. The second-order valence-corrected chi connectivity index (χ2v) is 4.73. The number of anilines is 2. The van der Waals surface area contributed by atoms with Crippen LogP contribution in [0.5, 0.6) is 0 Å². The van der Waals surface area contributed by atoms with Crippen LogP contribution in [-0.4, -0.2) is 11.5 Å². The van der Waals surface area contributed by atoms with Crippen molar-refractivity contribution in [3.8, 4) is 0 Å². The van der Waals surface area contributed by atoms with Crippen LogP contribution < -0.4 is 11.1 Å². The maximum absolute atomic E-state index is 5.95. The minimum absolute atomic E-state index is 0.709. The summed E-state index contributed by atoms with van der Waals surface area (Å²) < 4.78 is 0. The molecule has 0 aliphatic rings. The first-order chi connectivity index (χ1) is 8.18. The van der Waals surface area contributed by atoms with Crippen LogP contribution >= 0.6 is 0 Å². The lowest BCUT2D eigenvalue weighted by Gasteiger charge is -2.12. The fourth-order valence-electron chi connectivity index (χ4n) is 1.86. The second-order valence-electron chi connectivity index (χ2n) is 4.73. The van der Waals surface area contributed by atoms with E-state index in [0.29, 0.717) is 5.92 Å². The van der Waals surface area contributed by atoms with Gasteiger partial charge in [-0.25, -0.2) is 0 Å². The van der Waals surface area contributed by atoms with Crippen LogP contribution in [0, 0.1) is 5.92 Å². The number of hydrogen-bond acceptors (Lipinski definition) is 3. The largest absolute Gasteiger partial charge is 0.398 e. The molecule has 0 saturated carbocycles.